The highest BCUT2D eigenvalue weighted by molar-refractivity contribution is 6.04. The molecule has 5 nitrogen and oxygen atoms in total. The van der Waals surface area contributed by atoms with Gasteiger partial charge in [-0.15, -0.1) is 0 Å². The minimum Gasteiger partial charge on any atom is -0.497 e. The number of nitrogens with two attached hydrogens (primary N) is 1. The highest BCUT2D eigenvalue weighted by Crippen LogP contribution is 2.26. The molecule has 1 aromatic heterocycles. The van der Waals surface area contributed by atoms with Gasteiger partial charge in [-0.05, 0) is 42.8 Å². The van der Waals surface area contributed by atoms with Gasteiger partial charge in [-0.25, -0.2) is 4.68 Å². The van der Waals surface area contributed by atoms with Crippen molar-refractivity contribution in [3.05, 3.63) is 53.7 Å². The fourth-order valence-corrected chi connectivity index (χ4v) is 2.36. The molecule has 1 amide bonds. The summed E-state index contributed by atoms with van der Waals surface area (Å²) in [5, 5.41) is 5.05. The molecule has 21 heavy (non-hydrogen) atoms. The molecule has 106 valence electrons. The number of carbonyl (C=O) groups is 1. The molecule has 0 fully saturated rings. The molecule has 0 aliphatic heterocycles. The number of aryl methyl sites for hydroxylation is 1. The van der Waals surface area contributed by atoms with E-state index >= 15 is 0 Å². The number of methoxy groups -OCH3 is 1. The van der Waals surface area contributed by atoms with E-state index in [-0.39, 0.29) is 5.69 Å². The number of fused-ring (bicyclic) bond motifs is 1. The van der Waals surface area contributed by atoms with Crippen LogP contribution in [-0.2, 0) is 0 Å². The number of aromatic nitrogens is 2. The fourth-order valence-electron chi connectivity index (χ4n) is 2.36. The van der Waals surface area contributed by atoms with E-state index in [2.05, 4.69) is 5.10 Å². The maximum Gasteiger partial charge on any atom is 0.269 e. The maximum atomic E-state index is 11.6. The van der Waals surface area contributed by atoms with Crippen LogP contribution >= 0.6 is 0 Å². The normalized spacial score (nSPS) is 10.8. The first-order valence-electron chi connectivity index (χ1n) is 6.54. The van der Waals surface area contributed by atoms with Crippen LogP contribution in [0.25, 0.3) is 16.6 Å². The lowest BCUT2D eigenvalue weighted by molar-refractivity contribution is 0.0996. The van der Waals surface area contributed by atoms with Gasteiger partial charge in [0.05, 0.1) is 18.3 Å². The van der Waals surface area contributed by atoms with Gasteiger partial charge in [0.15, 0.2) is 5.69 Å². The first-order chi connectivity index (χ1) is 10.1. The largest absolute Gasteiger partial charge is 0.497 e. The van der Waals surface area contributed by atoms with E-state index in [0.29, 0.717) is 11.1 Å². The lowest BCUT2D eigenvalue weighted by Gasteiger charge is -2.05. The second kappa shape index (κ2) is 4.94. The van der Waals surface area contributed by atoms with Crippen LogP contribution < -0.4 is 10.5 Å². The Labute approximate surface area is 121 Å². The Morgan fingerprint density at radius 1 is 1.24 bits per heavy atom. The molecule has 3 aromatic rings. The highest BCUT2D eigenvalue weighted by Gasteiger charge is 2.16. The van der Waals surface area contributed by atoms with E-state index in [4.69, 9.17) is 10.5 Å². The number of ether oxygens (including phenoxy) is 1. The van der Waals surface area contributed by atoms with Crippen molar-refractivity contribution in [2.45, 2.75) is 6.92 Å². The monoisotopic (exact) mass is 281 g/mol. The topological polar surface area (TPSA) is 70.1 Å². The minimum atomic E-state index is -0.556. The zero-order valence-corrected chi connectivity index (χ0v) is 11.8. The lowest BCUT2D eigenvalue weighted by atomic mass is 10.2. The summed E-state index contributed by atoms with van der Waals surface area (Å²) in [7, 11) is 1.58. The summed E-state index contributed by atoms with van der Waals surface area (Å²) in [4.78, 5) is 11.6. The van der Waals surface area contributed by atoms with E-state index in [1.807, 2.05) is 43.3 Å². The van der Waals surface area contributed by atoms with Crippen LogP contribution in [-0.4, -0.2) is 22.8 Å². The second-order valence-electron chi connectivity index (χ2n) is 4.85. The minimum absolute atomic E-state index is 0.241. The lowest BCUT2D eigenvalue weighted by Crippen LogP contribution is -2.12. The molecule has 0 saturated heterocycles. The van der Waals surface area contributed by atoms with E-state index < -0.39 is 5.91 Å². The van der Waals surface area contributed by atoms with Crippen LogP contribution in [0.5, 0.6) is 5.75 Å². The van der Waals surface area contributed by atoms with Crippen LogP contribution in [0.1, 0.15) is 16.1 Å². The molecule has 3 rings (SSSR count). The van der Waals surface area contributed by atoms with Crippen LogP contribution in [0.3, 0.4) is 0 Å². The number of hydrogen-bond acceptors (Lipinski definition) is 3. The van der Waals surface area contributed by atoms with Crippen LogP contribution in [0.4, 0.5) is 0 Å². The van der Waals surface area contributed by atoms with E-state index in [0.717, 1.165) is 16.8 Å². The van der Waals surface area contributed by atoms with E-state index in [1.54, 1.807) is 17.9 Å². The third-order valence-corrected chi connectivity index (χ3v) is 3.37. The number of primary amides is 1. The third-order valence-electron chi connectivity index (χ3n) is 3.37. The van der Waals surface area contributed by atoms with Gasteiger partial charge in [0.1, 0.15) is 5.75 Å². The Balaban J connectivity index is 2.31. The second-order valence-corrected chi connectivity index (χ2v) is 4.85. The third kappa shape index (κ3) is 2.23. The quantitative estimate of drug-likeness (QED) is 0.801. The molecule has 5 heteroatoms. The number of nitrogens with zero attached hydrogens (tertiary/aromatic N) is 2. The summed E-state index contributed by atoms with van der Waals surface area (Å²) in [6.45, 7) is 2.01. The average molecular weight is 281 g/mol. The number of benzene rings is 2. The summed E-state index contributed by atoms with van der Waals surface area (Å²) in [6, 6.07) is 13.4. The van der Waals surface area contributed by atoms with Crippen molar-refractivity contribution < 1.29 is 9.53 Å². The highest BCUT2D eigenvalue weighted by atomic mass is 16.5. The van der Waals surface area contributed by atoms with Crippen molar-refractivity contribution in [1.29, 1.82) is 0 Å². The van der Waals surface area contributed by atoms with Crippen molar-refractivity contribution in [2.75, 3.05) is 7.11 Å². The Morgan fingerprint density at radius 2 is 2.05 bits per heavy atom. The molecule has 0 atom stereocenters. The zero-order valence-electron chi connectivity index (χ0n) is 11.8. The van der Waals surface area contributed by atoms with Crippen molar-refractivity contribution in [3.63, 3.8) is 0 Å². The molecular formula is C16H15N3O2. The van der Waals surface area contributed by atoms with Gasteiger partial charge in [0.25, 0.3) is 5.91 Å². The first-order valence-corrected chi connectivity index (χ1v) is 6.54. The van der Waals surface area contributed by atoms with Gasteiger partial charge in [0.2, 0.25) is 0 Å². The van der Waals surface area contributed by atoms with Crippen molar-refractivity contribution in [3.8, 4) is 11.4 Å². The van der Waals surface area contributed by atoms with Gasteiger partial charge in [-0.2, -0.15) is 5.10 Å². The molecule has 0 saturated carbocycles. The van der Waals surface area contributed by atoms with Gasteiger partial charge in [-0.3, -0.25) is 4.79 Å². The van der Waals surface area contributed by atoms with Crippen LogP contribution in [0.15, 0.2) is 42.5 Å². The maximum absolute atomic E-state index is 11.6. The average Bonchev–Trinajstić information content (AvgIpc) is 2.86. The SMILES string of the molecule is COc1ccc2c(c1)c(C(N)=O)nn2-c1cccc(C)c1. The molecule has 0 bridgehead atoms. The van der Waals surface area contributed by atoms with Crippen LogP contribution in [0, 0.1) is 6.92 Å². The first kappa shape index (κ1) is 13.2. The molecule has 2 N–H and O–H groups in total. The van der Waals surface area contributed by atoms with Crippen molar-refractivity contribution in [2.24, 2.45) is 5.73 Å². The Hall–Kier alpha value is -2.82. The number of carbonyl (C=O) groups excluding carboxylic acids is 1. The van der Waals surface area contributed by atoms with Gasteiger partial charge in [-0.1, -0.05) is 12.1 Å². The Kier molecular flexibility index (Phi) is 3.10. The van der Waals surface area contributed by atoms with E-state index in [9.17, 15) is 4.79 Å². The fraction of sp³-hybridized carbons (Fsp3) is 0.125. The Bertz CT molecular complexity index is 837. The summed E-state index contributed by atoms with van der Waals surface area (Å²) >= 11 is 0. The number of rotatable bonds is 3. The summed E-state index contributed by atoms with van der Waals surface area (Å²) < 4.78 is 6.93. The van der Waals surface area contributed by atoms with Gasteiger partial charge < -0.3 is 10.5 Å². The zero-order chi connectivity index (χ0) is 15.0. The van der Waals surface area contributed by atoms with Crippen LogP contribution in [0.2, 0.25) is 0 Å². The predicted molar refractivity (Wildman–Crippen MR) is 80.9 cm³/mol. The van der Waals surface area contributed by atoms with Gasteiger partial charge >= 0.3 is 0 Å². The predicted octanol–water partition coefficient (Wildman–Crippen LogP) is 2.44. The molecule has 0 unspecified atom stereocenters. The molecule has 0 spiro atoms. The molecule has 0 aliphatic rings. The standard InChI is InChI=1S/C16H15N3O2/c1-10-4-3-5-11(8-10)19-14-7-6-12(21-2)9-13(14)15(18-19)16(17)20/h3-9H,1-2H3,(H2,17,20). The smallest absolute Gasteiger partial charge is 0.269 e. The molecule has 1 heterocycles. The molecule has 2 aromatic carbocycles. The van der Waals surface area contributed by atoms with Crippen molar-refractivity contribution in [1.82, 2.24) is 9.78 Å². The molecule has 0 aliphatic carbocycles. The number of amides is 1. The molecular weight excluding hydrogens is 266 g/mol. The summed E-state index contributed by atoms with van der Waals surface area (Å²) in [5.41, 5.74) is 8.50. The van der Waals surface area contributed by atoms with Crippen molar-refractivity contribution >= 4 is 16.8 Å². The number of hydrogen-bond donors (Lipinski definition) is 1. The molecule has 0 radical (unpaired) electrons. The van der Waals surface area contributed by atoms with Gasteiger partial charge in [0, 0.05) is 5.39 Å². The Morgan fingerprint density at radius 3 is 2.71 bits per heavy atom. The summed E-state index contributed by atoms with van der Waals surface area (Å²) in [5.74, 6) is 0.105. The summed E-state index contributed by atoms with van der Waals surface area (Å²) in [6.07, 6.45) is 0. The van der Waals surface area contributed by atoms with E-state index in [1.165, 1.54) is 0 Å².